The van der Waals surface area contributed by atoms with Crippen molar-refractivity contribution >= 4 is 31.9 Å². The summed E-state index contributed by atoms with van der Waals surface area (Å²) in [4.78, 5) is 24.2. The zero-order chi connectivity index (χ0) is 25.8. The molecule has 0 saturated carbocycles. The lowest BCUT2D eigenvalue weighted by molar-refractivity contribution is 0.183. The van der Waals surface area contributed by atoms with Crippen LogP contribution in [0.5, 0.6) is 0 Å². The first-order valence-corrected chi connectivity index (χ1v) is 15.7. The van der Waals surface area contributed by atoms with Gasteiger partial charge in [-0.15, -0.1) is 0 Å². The number of nitrogens with zero attached hydrogens (tertiary/aromatic N) is 3. The van der Waals surface area contributed by atoms with Crippen molar-refractivity contribution in [2.24, 2.45) is 0 Å². The molecule has 1 aliphatic heterocycles. The number of anilines is 1. The Balaban J connectivity index is 1.70. The zero-order valence-electron chi connectivity index (χ0n) is 22.1. The van der Waals surface area contributed by atoms with Crippen LogP contribution in [-0.4, -0.2) is 48.4 Å². The molecule has 1 unspecified atom stereocenters. The number of benzene rings is 1. The first-order valence-electron chi connectivity index (χ1n) is 12.4. The van der Waals surface area contributed by atoms with Gasteiger partial charge < -0.3 is 20.0 Å². The van der Waals surface area contributed by atoms with Crippen LogP contribution in [0.2, 0.25) is 23.2 Å². The number of carbonyl (C=O) groups is 1. The molecular formula is C26H40ClN5O2Si. The summed E-state index contributed by atoms with van der Waals surface area (Å²) in [6.07, 6.45) is 3.30. The predicted molar refractivity (Wildman–Crippen MR) is 145 cm³/mol. The second-order valence-corrected chi connectivity index (χ2v) is 16.3. The summed E-state index contributed by atoms with van der Waals surface area (Å²) in [5.41, 5.74) is 3.01. The normalized spacial score (nSPS) is 15.1. The van der Waals surface area contributed by atoms with Crippen molar-refractivity contribution in [2.45, 2.75) is 84.2 Å². The number of hydrogen-bond acceptors (Lipinski definition) is 5. The molecule has 35 heavy (non-hydrogen) atoms. The number of rotatable bonds is 8. The van der Waals surface area contributed by atoms with Crippen molar-refractivity contribution in [2.75, 3.05) is 18.5 Å². The van der Waals surface area contributed by atoms with Crippen molar-refractivity contribution in [3.63, 3.8) is 0 Å². The number of nitrogens with one attached hydrogen (secondary N) is 2. The van der Waals surface area contributed by atoms with Crippen LogP contribution in [0.1, 0.15) is 63.9 Å². The van der Waals surface area contributed by atoms with Gasteiger partial charge in [0.05, 0.1) is 18.3 Å². The summed E-state index contributed by atoms with van der Waals surface area (Å²) in [5, 5.41) is 7.30. The number of urea groups is 1. The first kappa shape index (κ1) is 27.4. The van der Waals surface area contributed by atoms with Gasteiger partial charge in [0, 0.05) is 30.4 Å². The standard InChI is InChI=1S/C26H40ClN5O2Si/c1-18(2)29-24-28-16-20-12-14-32(17-23(20)30-24)25(33)31-22(19-8-10-21(27)11-9-19)13-15-34-35(6,7)26(3,4)5/h8-11,16,18,22H,12-15,17H2,1-7H3,(H,31,33)(H,28,29,30). The van der Waals surface area contributed by atoms with Crippen LogP contribution in [0.4, 0.5) is 10.7 Å². The van der Waals surface area contributed by atoms with Crippen LogP contribution in [0.15, 0.2) is 30.5 Å². The van der Waals surface area contributed by atoms with Gasteiger partial charge in [-0.3, -0.25) is 0 Å². The predicted octanol–water partition coefficient (Wildman–Crippen LogP) is 6.17. The molecule has 0 saturated heterocycles. The molecule has 0 spiro atoms. The van der Waals surface area contributed by atoms with Gasteiger partial charge in [0.15, 0.2) is 8.32 Å². The summed E-state index contributed by atoms with van der Waals surface area (Å²) in [7, 11) is -1.88. The van der Waals surface area contributed by atoms with Crippen LogP contribution >= 0.6 is 11.6 Å². The molecule has 0 aliphatic carbocycles. The minimum Gasteiger partial charge on any atom is -0.417 e. The molecule has 2 heterocycles. The molecule has 9 heteroatoms. The Morgan fingerprint density at radius 2 is 1.91 bits per heavy atom. The fourth-order valence-corrected chi connectivity index (χ4v) is 4.90. The largest absolute Gasteiger partial charge is 0.417 e. The van der Waals surface area contributed by atoms with E-state index in [0.717, 1.165) is 23.2 Å². The number of hydrogen-bond donors (Lipinski definition) is 2. The molecule has 2 amide bonds. The quantitative estimate of drug-likeness (QED) is 0.409. The highest BCUT2D eigenvalue weighted by Crippen LogP contribution is 2.37. The second kappa shape index (κ2) is 11.3. The highest BCUT2D eigenvalue weighted by atomic mass is 35.5. The lowest BCUT2D eigenvalue weighted by atomic mass is 10.0. The highest BCUT2D eigenvalue weighted by Gasteiger charge is 2.37. The van der Waals surface area contributed by atoms with Crippen LogP contribution in [0, 0.1) is 0 Å². The Hall–Kier alpha value is -2.16. The van der Waals surface area contributed by atoms with E-state index in [1.165, 1.54) is 0 Å². The lowest BCUT2D eigenvalue weighted by Gasteiger charge is -2.36. The maximum atomic E-state index is 13.3. The Kier molecular flexibility index (Phi) is 8.83. The monoisotopic (exact) mass is 517 g/mol. The molecule has 7 nitrogen and oxygen atoms in total. The first-order chi connectivity index (χ1) is 16.4. The fraction of sp³-hybridized carbons (Fsp3) is 0.577. The fourth-order valence-electron chi connectivity index (χ4n) is 3.71. The van der Waals surface area contributed by atoms with Gasteiger partial charge in [-0.05, 0) is 68.1 Å². The Morgan fingerprint density at radius 3 is 2.54 bits per heavy atom. The summed E-state index contributed by atoms with van der Waals surface area (Å²) in [5.74, 6) is 0.600. The molecule has 0 bridgehead atoms. The molecular weight excluding hydrogens is 478 g/mol. The molecule has 2 N–H and O–H groups in total. The summed E-state index contributed by atoms with van der Waals surface area (Å²) < 4.78 is 6.41. The molecule has 1 aromatic heterocycles. The van der Waals surface area contributed by atoms with E-state index in [1.54, 1.807) is 0 Å². The van der Waals surface area contributed by atoms with Crippen LogP contribution in [0.25, 0.3) is 0 Å². The average Bonchev–Trinajstić information content (AvgIpc) is 2.77. The average molecular weight is 518 g/mol. The van der Waals surface area contributed by atoms with Gasteiger partial charge >= 0.3 is 6.03 Å². The summed E-state index contributed by atoms with van der Waals surface area (Å²) >= 11 is 6.12. The van der Waals surface area contributed by atoms with Gasteiger partial charge in [0.1, 0.15) is 0 Å². The van der Waals surface area contributed by atoms with E-state index < -0.39 is 8.32 Å². The number of fused-ring (bicyclic) bond motifs is 1. The maximum absolute atomic E-state index is 13.3. The van der Waals surface area contributed by atoms with E-state index in [1.807, 2.05) is 49.2 Å². The van der Waals surface area contributed by atoms with Crippen LogP contribution in [0.3, 0.4) is 0 Å². The van der Waals surface area contributed by atoms with E-state index in [0.29, 0.717) is 37.1 Å². The summed E-state index contributed by atoms with van der Waals surface area (Å²) in [6.45, 7) is 17.0. The second-order valence-electron chi connectivity index (χ2n) is 11.1. The van der Waals surface area contributed by atoms with Crippen molar-refractivity contribution in [3.8, 4) is 0 Å². The third-order valence-electron chi connectivity index (χ3n) is 6.90. The molecule has 3 rings (SSSR count). The van der Waals surface area contributed by atoms with Crippen molar-refractivity contribution in [3.05, 3.63) is 52.3 Å². The van der Waals surface area contributed by atoms with Crippen molar-refractivity contribution < 1.29 is 9.22 Å². The molecule has 2 aromatic rings. The van der Waals surface area contributed by atoms with Gasteiger partial charge in [-0.1, -0.05) is 44.5 Å². The minimum absolute atomic E-state index is 0.0973. The maximum Gasteiger partial charge on any atom is 0.318 e. The minimum atomic E-state index is -1.88. The molecule has 1 aliphatic rings. The number of aromatic nitrogens is 2. The Bertz CT molecular complexity index is 1010. The van der Waals surface area contributed by atoms with E-state index in [2.05, 4.69) is 54.5 Å². The smallest absolute Gasteiger partial charge is 0.318 e. The SMILES string of the molecule is CC(C)Nc1ncc2c(n1)CN(C(=O)NC(CCO[Si](C)(C)C(C)(C)C)c1ccc(Cl)cc1)CC2. The number of amides is 2. The van der Waals surface area contributed by atoms with E-state index in [9.17, 15) is 4.79 Å². The highest BCUT2D eigenvalue weighted by molar-refractivity contribution is 6.74. The molecule has 1 atom stereocenters. The Labute approximate surface area is 216 Å². The third-order valence-corrected chi connectivity index (χ3v) is 11.7. The topological polar surface area (TPSA) is 79.4 Å². The third kappa shape index (κ3) is 7.41. The Morgan fingerprint density at radius 1 is 1.23 bits per heavy atom. The summed E-state index contributed by atoms with van der Waals surface area (Å²) in [6, 6.07) is 7.65. The lowest BCUT2D eigenvalue weighted by Crippen LogP contribution is -2.45. The van der Waals surface area contributed by atoms with Crippen LogP contribution < -0.4 is 10.6 Å². The van der Waals surface area contributed by atoms with E-state index in [4.69, 9.17) is 16.0 Å². The van der Waals surface area contributed by atoms with Gasteiger partial charge in [0.25, 0.3) is 0 Å². The number of carbonyl (C=O) groups excluding carboxylic acids is 1. The number of halogens is 1. The molecule has 1 aromatic carbocycles. The molecule has 192 valence electrons. The molecule has 0 radical (unpaired) electrons. The van der Waals surface area contributed by atoms with E-state index >= 15 is 0 Å². The van der Waals surface area contributed by atoms with Crippen LogP contribution in [-0.2, 0) is 17.4 Å². The van der Waals surface area contributed by atoms with Gasteiger partial charge in [-0.25, -0.2) is 14.8 Å². The van der Waals surface area contributed by atoms with Crippen molar-refractivity contribution in [1.29, 1.82) is 0 Å². The zero-order valence-corrected chi connectivity index (χ0v) is 23.9. The van der Waals surface area contributed by atoms with Crippen molar-refractivity contribution in [1.82, 2.24) is 20.2 Å². The van der Waals surface area contributed by atoms with Gasteiger partial charge in [0.2, 0.25) is 5.95 Å². The molecule has 0 fully saturated rings. The van der Waals surface area contributed by atoms with Gasteiger partial charge in [-0.2, -0.15) is 0 Å². The van der Waals surface area contributed by atoms with E-state index in [-0.39, 0.29) is 23.2 Å².